The Balaban J connectivity index is 2.53. The van der Waals surface area contributed by atoms with E-state index in [-0.39, 0.29) is 11.6 Å². The van der Waals surface area contributed by atoms with Crippen molar-refractivity contribution in [3.63, 3.8) is 0 Å². The van der Waals surface area contributed by atoms with Gasteiger partial charge in [-0.15, -0.1) is 0 Å². The van der Waals surface area contributed by atoms with Crippen LogP contribution >= 0.6 is 0 Å². The molecule has 0 aliphatic carbocycles. The summed E-state index contributed by atoms with van der Waals surface area (Å²) >= 11 is 0. The first-order valence-electron chi connectivity index (χ1n) is 3.09. The van der Waals surface area contributed by atoms with Gasteiger partial charge in [-0.25, -0.2) is 0 Å². The molecule has 1 unspecified atom stereocenters. The molecule has 0 saturated carbocycles. The van der Waals surface area contributed by atoms with Crippen molar-refractivity contribution < 1.29 is 4.74 Å². The van der Waals surface area contributed by atoms with Crippen LogP contribution in [0.5, 0.6) is 0 Å². The lowest BCUT2D eigenvalue weighted by molar-refractivity contribution is 0.0215. The minimum absolute atomic E-state index is 0.0301. The van der Waals surface area contributed by atoms with Crippen molar-refractivity contribution in [3.05, 3.63) is 0 Å². The van der Waals surface area contributed by atoms with Gasteiger partial charge in [0.1, 0.15) is 0 Å². The van der Waals surface area contributed by atoms with Crippen LogP contribution in [-0.4, -0.2) is 13.0 Å². The van der Waals surface area contributed by atoms with E-state index in [1.165, 1.54) is 0 Å². The van der Waals surface area contributed by atoms with Gasteiger partial charge in [0.2, 0.25) is 0 Å². The fourth-order valence-electron chi connectivity index (χ4n) is 0.668. The van der Waals surface area contributed by atoms with Crippen LogP contribution in [0.25, 0.3) is 0 Å². The number of hydrogen-bond donors (Lipinski definition) is 0. The zero-order valence-electron chi connectivity index (χ0n) is 6.09. The van der Waals surface area contributed by atoms with Gasteiger partial charge in [-0.1, -0.05) is 20.8 Å². The fraction of sp³-hybridized carbons (Fsp3) is 1.00. The molecule has 0 aromatic rings. The molecule has 0 amide bonds. The first-order valence-corrected chi connectivity index (χ1v) is 3.09. The van der Waals surface area contributed by atoms with Crippen molar-refractivity contribution in [2.75, 3.05) is 6.73 Å². The summed E-state index contributed by atoms with van der Waals surface area (Å²) in [4.78, 5) is 0. The highest BCUT2D eigenvalue weighted by Crippen LogP contribution is 2.25. The SMILES string of the molecule is CC(C)(C)C1N=NCO1. The molecule has 9 heavy (non-hydrogen) atoms. The van der Waals surface area contributed by atoms with Gasteiger partial charge in [0.05, 0.1) is 0 Å². The topological polar surface area (TPSA) is 34.0 Å². The van der Waals surface area contributed by atoms with Gasteiger partial charge < -0.3 is 4.74 Å². The summed E-state index contributed by atoms with van der Waals surface area (Å²) in [5.41, 5.74) is 0.0972. The van der Waals surface area contributed by atoms with E-state index in [1.807, 2.05) is 0 Å². The van der Waals surface area contributed by atoms with E-state index in [1.54, 1.807) is 0 Å². The Morgan fingerprint density at radius 3 is 2.33 bits per heavy atom. The maximum atomic E-state index is 5.18. The fourth-order valence-corrected chi connectivity index (χ4v) is 0.668. The van der Waals surface area contributed by atoms with Crippen LogP contribution in [0.4, 0.5) is 0 Å². The molecule has 0 spiro atoms. The second kappa shape index (κ2) is 2.06. The standard InChI is InChI=1S/C6H12N2O/c1-6(2,3)5-8-7-4-9-5/h5H,4H2,1-3H3. The van der Waals surface area contributed by atoms with Crippen LogP contribution in [0.1, 0.15) is 20.8 Å². The van der Waals surface area contributed by atoms with Crippen molar-refractivity contribution in [1.29, 1.82) is 0 Å². The summed E-state index contributed by atoms with van der Waals surface area (Å²) in [5.74, 6) is 0. The highest BCUT2D eigenvalue weighted by Gasteiger charge is 2.27. The number of nitrogens with zero attached hydrogens (tertiary/aromatic N) is 2. The van der Waals surface area contributed by atoms with Crippen molar-refractivity contribution in [2.24, 2.45) is 15.6 Å². The van der Waals surface area contributed by atoms with E-state index in [4.69, 9.17) is 4.74 Å². The summed E-state index contributed by atoms with van der Waals surface area (Å²) in [6.45, 7) is 6.69. The number of hydrogen-bond acceptors (Lipinski definition) is 3. The molecule has 0 aromatic heterocycles. The van der Waals surface area contributed by atoms with Gasteiger partial charge in [0, 0.05) is 5.41 Å². The minimum atomic E-state index is -0.0301. The van der Waals surface area contributed by atoms with E-state index in [0.717, 1.165) is 0 Å². The number of ether oxygens (including phenoxy) is 1. The average Bonchev–Trinajstić information content (AvgIpc) is 2.08. The van der Waals surface area contributed by atoms with Crippen LogP contribution in [0.15, 0.2) is 10.2 Å². The molecule has 0 aromatic carbocycles. The van der Waals surface area contributed by atoms with Gasteiger partial charge in [0.15, 0.2) is 13.0 Å². The molecule has 0 N–H and O–H groups in total. The second-order valence-electron chi connectivity index (χ2n) is 3.27. The quantitative estimate of drug-likeness (QED) is 0.489. The van der Waals surface area contributed by atoms with Crippen LogP contribution in [0.3, 0.4) is 0 Å². The van der Waals surface area contributed by atoms with Crippen LogP contribution in [-0.2, 0) is 4.74 Å². The molecule has 1 aliphatic rings. The zero-order valence-corrected chi connectivity index (χ0v) is 6.09. The molecule has 3 heteroatoms. The lowest BCUT2D eigenvalue weighted by atomic mass is 9.95. The van der Waals surface area contributed by atoms with Crippen molar-refractivity contribution in [3.8, 4) is 0 Å². The van der Waals surface area contributed by atoms with E-state index >= 15 is 0 Å². The van der Waals surface area contributed by atoms with Gasteiger partial charge in [-0.05, 0) is 0 Å². The van der Waals surface area contributed by atoms with Crippen LogP contribution < -0.4 is 0 Å². The second-order valence-corrected chi connectivity index (χ2v) is 3.27. The summed E-state index contributed by atoms with van der Waals surface area (Å²) in [6, 6.07) is 0. The van der Waals surface area contributed by atoms with Crippen molar-refractivity contribution >= 4 is 0 Å². The van der Waals surface area contributed by atoms with E-state index in [9.17, 15) is 0 Å². The van der Waals surface area contributed by atoms with Gasteiger partial charge >= 0.3 is 0 Å². The van der Waals surface area contributed by atoms with E-state index in [2.05, 4.69) is 31.0 Å². The highest BCUT2D eigenvalue weighted by molar-refractivity contribution is 4.72. The summed E-state index contributed by atoms with van der Waals surface area (Å²) in [7, 11) is 0. The van der Waals surface area contributed by atoms with Crippen LogP contribution in [0, 0.1) is 5.41 Å². The Morgan fingerprint density at radius 1 is 1.44 bits per heavy atom. The predicted octanol–water partition coefficient (Wildman–Crippen LogP) is 1.80. The average molecular weight is 128 g/mol. The largest absolute Gasteiger partial charge is 0.330 e. The normalized spacial score (nSPS) is 27.2. The van der Waals surface area contributed by atoms with Crippen LogP contribution in [0.2, 0.25) is 0 Å². The zero-order chi connectivity index (χ0) is 6.91. The third-order valence-electron chi connectivity index (χ3n) is 1.22. The molecular weight excluding hydrogens is 116 g/mol. The third-order valence-corrected chi connectivity index (χ3v) is 1.22. The molecular formula is C6H12N2O. The number of azo groups is 1. The Hall–Kier alpha value is -0.440. The Labute approximate surface area is 55.1 Å². The Bertz CT molecular complexity index is 126. The lowest BCUT2D eigenvalue weighted by Crippen LogP contribution is -2.24. The molecule has 1 aliphatic heterocycles. The van der Waals surface area contributed by atoms with E-state index < -0.39 is 0 Å². The molecule has 1 rings (SSSR count). The first-order chi connectivity index (χ1) is 4.11. The third kappa shape index (κ3) is 1.48. The van der Waals surface area contributed by atoms with E-state index in [0.29, 0.717) is 6.73 Å². The monoisotopic (exact) mass is 128 g/mol. The lowest BCUT2D eigenvalue weighted by Gasteiger charge is -2.21. The summed E-state index contributed by atoms with van der Waals surface area (Å²) in [5, 5.41) is 7.64. The number of rotatable bonds is 0. The maximum absolute atomic E-state index is 5.18. The predicted molar refractivity (Wildman–Crippen MR) is 34.1 cm³/mol. The molecule has 0 fully saturated rings. The van der Waals surface area contributed by atoms with Crippen molar-refractivity contribution in [2.45, 2.75) is 27.0 Å². The molecule has 3 nitrogen and oxygen atoms in total. The first kappa shape index (κ1) is 6.68. The van der Waals surface area contributed by atoms with Gasteiger partial charge in [-0.3, -0.25) is 0 Å². The Kier molecular flexibility index (Phi) is 1.53. The molecule has 52 valence electrons. The molecule has 0 bridgehead atoms. The van der Waals surface area contributed by atoms with Gasteiger partial charge in [-0.2, -0.15) is 10.2 Å². The summed E-state index contributed by atoms with van der Waals surface area (Å²) < 4.78 is 5.18. The smallest absolute Gasteiger partial charge is 0.175 e. The Morgan fingerprint density at radius 2 is 2.11 bits per heavy atom. The molecule has 1 atom stereocenters. The van der Waals surface area contributed by atoms with Crippen molar-refractivity contribution in [1.82, 2.24) is 0 Å². The highest BCUT2D eigenvalue weighted by atomic mass is 16.5. The summed E-state index contributed by atoms with van der Waals surface area (Å²) in [6.07, 6.45) is -0.0301. The molecule has 1 heterocycles. The molecule has 0 radical (unpaired) electrons. The molecule has 0 saturated heterocycles. The van der Waals surface area contributed by atoms with Gasteiger partial charge in [0.25, 0.3) is 0 Å². The minimum Gasteiger partial charge on any atom is -0.330 e. The maximum Gasteiger partial charge on any atom is 0.175 e.